The predicted molar refractivity (Wildman–Crippen MR) is 55.3 cm³/mol. The smallest absolute Gasteiger partial charge is 0.130 e. The van der Waals surface area contributed by atoms with Crippen LogP contribution >= 0.6 is 31.9 Å². The summed E-state index contributed by atoms with van der Waals surface area (Å²) >= 11 is 6.49. The molecule has 0 saturated carbocycles. The number of furan rings is 1. The van der Waals surface area contributed by atoms with Crippen LogP contribution in [0.2, 0.25) is 0 Å². The van der Waals surface area contributed by atoms with Gasteiger partial charge in [0.1, 0.15) is 18.1 Å². The van der Waals surface area contributed by atoms with Crippen molar-refractivity contribution >= 4 is 37.9 Å². The first-order valence-electron chi connectivity index (χ1n) is 3.32. The maximum atomic E-state index is 5.37. The van der Waals surface area contributed by atoms with Crippen molar-refractivity contribution in [3.63, 3.8) is 0 Å². The molecule has 0 aliphatic heterocycles. The molecule has 4 heteroatoms. The third-order valence-corrected chi connectivity index (χ3v) is 1.68. The summed E-state index contributed by atoms with van der Waals surface area (Å²) in [4.78, 5) is 0. The average molecular weight is 296 g/mol. The molecule has 0 unspecified atom stereocenters. The van der Waals surface area contributed by atoms with Gasteiger partial charge in [-0.25, -0.2) is 0 Å². The standard InChI is InChI=1S/C8H8Br2O2/c1-11-5-7-3-2-6(12-7)4-8(9)10/h2-4H,5H2,1H3. The molecule has 0 N–H and O–H groups in total. The van der Waals surface area contributed by atoms with E-state index in [-0.39, 0.29) is 0 Å². The molecule has 0 aliphatic carbocycles. The van der Waals surface area contributed by atoms with E-state index in [4.69, 9.17) is 9.15 Å². The van der Waals surface area contributed by atoms with Crippen LogP contribution in [0.5, 0.6) is 0 Å². The van der Waals surface area contributed by atoms with Gasteiger partial charge in [-0.2, -0.15) is 0 Å². The summed E-state index contributed by atoms with van der Waals surface area (Å²) in [5.41, 5.74) is 0. The Balaban J connectivity index is 2.71. The van der Waals surface area contributed by atoms with Crippen LogP contribution in [0.3, 0.4) is 0 Å². The van der Waals surface area contributed by atoms with Crippen molar-refractivity contribution in [2.45, 2.75) is 6.61 Å². The molecule has 0 atom stereocenters. The lowest BCUT2D eigenvalue weighted by Crippen LogP contribution is -1.81. The molecular formula is C8H8Br2O2. The highest BCUT2D eigenvalue weighted by atomic mass is 79.9. The lowest BCUT2D eigenvalue weighted by Gasteiger charge is -1.91. The first kappa shape index (κ1) is 10.0. The molecule has 0 aromatic carbocycles. The van der Waals surface area contributed by atoms with Gasteiger partial charge >= 0.3 is 0 Å². The van der Waals surface area contributed by atoms with Gasteiger partial charge in [0.15, 0.2) is 0 Å². The zero-order chi connectivity index (χ0) is 8.97. The van der Waals surface area contributed by atoms with Crippen LogP contribution in [-0.2, 0) is 11.3 Å². The minimum atomic E-state index is 0.508. The highest BCUT2D eigenvalue weighted by molar-refractivity contribution is 9.28. The van der Waals surface area contributed by atoms with E-state index in [9.17, 15) is 0 Å². The predicted octanol–water partition coefficient (Wildman–Crippen LogP) is 3.51. The fourth-order valence-electron chi connectivity index (χ4n) is 0.799. The van der Waals surface area contributed by atoms with Gasteiger partial charge in [-0.05, 0) is 44.0 Å². The molecule has 0 radical (unpaired) electrons. The topological polar surface area (TPSA) is 22.4 Å². The first-order chi connectivity index (χ1) is 5.72. The van der Waals surface area contributed by atoms with Crippen LogP contribution in [0.15, 0.2) is 19.9 Å². The van der Waals surface area contributed by atoms with Gasteiger partial charge in [0.05, 0.1) is 3.39 Å². The Kier molecular flexibility index (Phi) is 4.05. The first-order valence-corrected chi connectivity index (χ1v) is 4.91. The Morgan fingerprint density at radius 2 is 2.33 bits per heavy atom. The molecule has 1 rings (SSSR count). The van der Waals surface area contributed by atoms with E-state index in [2.05, 4.69) is 31.9 Å². The molecule has 1 heterocycles. The normalized spacial score (nSPS) is 9.92. The summed E-state index contributed by atoms with van der Waals surface area (Å²) in [5, 5.41) is 0. The molecule has 1 aromatic heterocycles. The minimum Gasteiger partial charge on any atom is -0.459 e. The van der Waals surface area contributed by atoms with Crippen molar-refractivity contribution in [3.05, 3.63) is 27.0 Å². The highest BCUT2D eigenvalue weighted by Crippen LogP contribution is 2.19. The van der Waals surface area contributed by atoms with Crippen LogP contribution in [0, 0.1) is 0 Å². The second-order valence-corrected chi connectivity index (χ2v) is 4.94. The van der Waals surface area contributed by atoms with E-state index in [0.717, 1.165) is 14.9 Å². The summed E-state index contributed by atoms with van der Waals surface area (Å²) in [6.45, 7) is 0.508. The summed E-state index contributed by atoms with van der Waals surface area (Å²) < 4.78 is 11.1. The lowest BCUT2D eigenvalue weighted by atomic mass is 10.4. The van der Waals surface area contributed by atoms with Crippen LogP contribution < -0.4 is 0 Å². The van der Waals surface area contributed by atoms with E-state index >= 15 is 0 Å². The zero-order valence-corrected chi connectivity index (χ0v) is 9.68. The van der Waals surface area contributed by atoms with Gasteiger partial charge in [-0.15, -0.1) is 0 Å². The van der Waals surface area contributed by atoms with E-state index in [1.54, 1.807) is 7.11 Å². The Hall–Kier alpha value is -0.0600. The van der Waals surface area contributed by atoms with Crippen molar-refractivity contribution in [1.29, 1.82) is 0 Å². The van der Waals surface area contributed by atoms with Crippen molar-refractivity contribution in [1.82, 2.24) is 0 Å². The number of hydrogen-bond donors (Lipinski definition) is 0. The van der Waals surface area contributed by atoms with E-state index in [0.29, 0.717) is 6.61 Å². The maximum Gasteiger partial charge on any atom is 0.130 e. The van der Waals surface area contributed by atoms with Crippen LogP contribution in [0.25, 0.3) is 6.08 Å². The molecule has 2 nitrogen and oxygen atoms in total. The van der Waals surface area contributed by atoms with Gasteiger partial charge < -0.3 is 9.15 Å². The van der Waals surface area contributed by atoms with Gasteiger partial charge in [-0.3, -0.25) is 0 Å². The molecular weight excluding hydrogens is 288 g/mol. The second kappa shape index (κ2) is 4.84. The van der Waals surface area contributed by atoms with Crippen LogP contribution in [0.1, 0.15) is 11.5 Å². The molecule has 0 spiro atoms. The Morgan fingerprint density at radius 3 is 2.92 bits per heavy atom. The monoisotopic (exact) mass is 294 g/mol. The minimum absolute atomic E-state index is 0.508. The Morgan fingerprint density at radius 1 is 1.58 bits per heavy atom. The van der Waals surface area contributed by atoms with Gasteiger partial charge in [0, 0.05) is 13.2 Å². The number of halogens is 2. The molecule has 1 aromatic rings. The molecule has 12 heavy (non-hydrogen) atoms. The largest absolute Gasteiger partial charge is 0.459 e. The fourth-order valence-corrected chi connectivity index (χ4v) is 1.25. The van der Waals surface area contributed by atoms with Crippen molar-refractivity contribution < 1.29 is 9.15 Å². The summed E-state index contributed by atoms with van der Waals surface area (Å²) in [6.07, 6.45) is 1.83. The van der Waals surface area contributed by atoms with Crippen molar-refractivity contribution in [2.75, 3.05) is 7.11 Å². The number of rotatable bonds is 3. The summed E-state index contributed by atoms with van der Waals surface area (Å²) in [7, 11) is 1.64. The maximum absolute atomic E-state index is 5.37. The Bertz CT molecular complexity index is 274. The van der Waals surface area contributed by atoms with Crippen LogP contribution in [-0.4, -0.2) is 7.11 Å². The number of ether oxygens (including phenoxy) is 1. The van der Waals surface area contributed by atoms with E-state index in [1.807, 2.05) is 18.2 Å². The van der Waals surface area contributed by atoms with Crippen molar-refractivity contribution in [2.24, 2.45) is 0 Å². The lowest BCUT2D eigenvalue weighted by molar-refractivity contribution is 0.164. The highest BCUT2D eigenvalue weighted by Gasteiger charge is 1.98. The Labute approximate surface area is 87.8 Å². The third kappa shape index (κ3) is 3.13. The molecule has 0 aliphatic rings. The van der Waals surface area contributed by atoms with Gasteiger partial charge in [0.25, 0.3) is 0 Å². The van der Waals surface area contributed by atoms with Gasteiger partial charge in [-0.1, -0.05) is 0 Å². The fraction of sp³-hybridized carbons (Fsp3) is 0.250. The average Bonchev–Trinajstić information content (AvgIpc) is 2.36. The summed E-state index contributed by atoms with van der Waals surface area (Å²) in [6, 6.07) is 3.77. The second-order valence-electron chi connectivity index (χ2n) is 2.17. The molecule has 0 saturated heterocycles. The third-order valence-electron chi connectivity index (χ3n) is 1.22. The van der Waals surface area contributed by atoms with E-state index < -0.39 is 0 Å². The van der Waals surface area contributed by atoms with Crippen LogP contribution in [0.4, 0.5) is 0 Å². The van der Waals surface area contributed by atoms with Gasteiger partial charge in [0.2, 0.25) is 0 Å². The molecule has 0 bridgehead atoms. The molecule has 0 amide bonds. The molecule has 66 valence electrons. The van der Waals surface area contributed by atoms with Crippen molar-refractivity contribution in [3.8, 4) is 0 Å². The number of hydrogen-bond acceptors (Lipinski definition) is 2. The van der Waals surface area contributed by atoms with E-state index in [1.165, 1.54) is 0 Å². The SMILES string of the molecule is COCc1ccc(C=C(Br)Br)o1. The molecule has 0 fully saturated rings. The summed E-state index contributed by atoms with van der Waals surface area (Å²) in [5.74, 6) is 1.62. The number of methoxy groups -OCH3 is 1. The quantitative estimate of drug-likeness (QED) is 0.851. The zero-order valence-electron chi connectivity index (χ0n) is 6.51.